The summed E-state index contributed by atoms with van der Waals surface area (Å²) in [5.74, 6) is 2.43. The van der Waals surface area contributed by atoms with Crippen LogP contribution >= 0.6 is 24.0 Å². The van der Waals surface area contributed by atoms with Crippen LogP contribution in [-0.4, -0.2) is 51.3 Å². The van der Waals surface area contributed by atoms with Crippen LogP contribution in [0.25, 0.3) is 0 Å². The fourth-order valence-electron chi connectivity index (χ4n) is 2.87. The predicted octanol–water partition coefficient (Wildman–Crippen LogP) is 3.97. The third-order valence-electron chi connectivity index (χ3n) is 4.61. The van der Waals surface area contributed by atoms with Crippen LogP contribution in [0.15, 0.2) is 47.5 Å². The van der Waals surface area contributed by atoms with Gasteiger partial charge in [0.25, 0.3) is 0 Å². The quantitative estimate of drug-likeness (QED) is 0.261. The van der Waals surface area contributed by atoms with E-state index in [1.807, 2.05) is 42.5 Å². The molecule has 0 spiro atoms. The predicted molar refractivity (Wildman–Crippen MR) is 134 cm³/mol. The Bertz CT molecular complexity index is 798. The highest BCUT2D eigenvalue weighted by molar-refractivity contribution is 14.0. The minimum Gasteiger partial charge on any atom is -0.493 e. The number of halogens is 1. The molecule has 0 radical (unpaired) electrons. The van der Waals surface area contributed by atoms with E-state index < -0.39 is 0 Å². The molecule has 8 heteroatoms. The maximum atomic E-state index is 6.06. The number of rotatable bonds is 11. The molecule has 0 bridgehead atoms. The molecule has 2 aromatic carbocycles. The Kier molecular flexibility index (Phi) is 12.0. The van der Waals surface area contributed by atoms with Crippen molar-refractivity contribution in [3.63, 3.8) is 0 Å². The largest absolute Gasteiger partial charge is 0.493 e. The Labute approximate surface area is 196 Å². The lowest BCUT2D eigenvalue weighted by atomic mass is 10.2. The molecular weight excluding hydrogens is 495 g/mol. The number of para-hydroxylation sites is 1. The molecule has 0 unspecified atom stereocenters. The van der Waals surface area contributed by atoms with Crippen molar-refractivity contribution in [3.8, 4) is 17.2 Å². The van der Waals surface area contributed by atoms with Gasteiger partial charge in [-0.05, 0) is 31.3 Å². The van der Waals surface area contributed by atoms with Gasteiger partial charge in [0, 0.05) is 23.9 Å². The average Bonchev–Trinajstić information content (AvgIpc) is 2.75. The molecule has 30 heavy (non-hydrogen) atoms. The monoisotopic (exact) mass is 528 g/mol. The first-order valence-corrected chi connectivity index (χ1v) is 9.83. The summed E-state index contributed by atoms with van der Waals surface area (Å²) in [6.07, 6.45) is 0. The van der Waals surface area contributed by atoms with Crippen molar-refractivity contribution in [2.75, 3.05) is 45.8 Å². The molecule has 0 atom stereocenters. The van der Waals surface area contributed by atoms with Crippen molar-refractivity contribution in [3.05, 3.63) is 48.0 Å². The summed E-state index contributed by atoms with van der Waals surface area (Å²) in [5.41, 5.74) is 7.82. The van der Waals surface area contributed by atoms with Gasteiger partial charge in [0.2, 0.25) is 0 Å². The molecule has 0 aliphatic rings. The van der Waals surface area contributed by atoms with E-state index in [9.17, 15) is 0 Å². The number of benzene rings is 2. The molecule has 2 aromatic rings. The molecule has 2 rings (SSSR count). The Morgan fingerprint density at radius 2 is 1.70 bits per heavy atom. The van der Waals surface area contributed by atoms with Crippen LogP contribution in [0.5, 0.6) is 17.2 Å². The Morgan fingerprint density at radius 1 is 1.00 bits per heavy atom. The van der Waals surface area contributed by atoms with Crippen molar-refractivity contribution in [2.24, 2.45) is 10.7 Å². The number of nitrogens with zero attached hydrogens (tertiary/aromatic N) is 2. The number of hydrogen-bond acceptors (Lipinski definition) is 5. The number of guanidine groups is 1. The molecule has 0 aliphatic heterocycles. The van der Waals surface area contributed by atoms with Crippen LogP contribution < -0.4 is 25.3 Å². The van der Waals surface area contributed by atoms with E-state index in [0.29, 0.717) is 30.6 Å². The van der Waals surface area contributed by atoms with Gasteiger partial charge in [0.1, 0.15) is 12.4 Å². The second kappa shape index (κ2) is 13.9. The van der Waals surface area contributed by atoms with Crippen molar-refractivity contribution in [1.82, 2.24) is 4.90 Å². The van der Waals surface area contributed by atoms with Gasteiger partial charge in [0.05, 0.1) is 20.8 Å². The van der Waals surface area contributed by atoms with Gasteiger partial charge in [-0.3, -0.25) is 0 Å². The maximum absolute atomic E-state index is 6.06. The van der Waals surface area contributed by atoms with Gasteiger partial charge in [-0.2, -0.15) is 0 Å². The number of ether oxygens (including phenoxy) is 3. The number of methoxy groups -OCH3 is 2. The minimum atomic E-state index is 0. The van der Waals surface area contributed by atoms with Crippen molar-refractivity contribution in [1.29, 1.82) is 0 Å². The lowest BCUT2D eigenvalue weighted by Crippen LogP contribution is -2.28. The highest BCUT2D eigenvalue weighted by Gasteiger charge is 2.07. The highest BCUT2D eigenvalue weighted by atomic mass is 127. The molecule has 166 valence electrons. The minimum absolute atomic E-state index is 0. The second-order valence-corrected chi connectivity index (χ2v) is 6.38. The molecule has 0 aromatic heterocycles. The van der Waals surface area contributed by atoms with Gasteiger partial charge in [0.15, 0.2) is 17.5 Å². The number of anilines is 1. The Morgan fingerprint density at radius 3 is 2.37 bits per heavy atom. The van der Waals surface area contributed by atoms with E-state index in [1.54, 1.807) is 14.2 Å². The molecule has 0 amide bonds. The van der Waals surface area contributed by atoms with E-state index in [-0.39, 0.29) is 24.0 Å². The lowest BCUT2D eigenvalue weighted by molar-refractivity contribution is 0.221. The van der Waals surface area contributed by atoms with Gasteiger partial charge < -0.3 is 30.2 Å². The third-order valence-corrected chi connectivity index (χ3v) is 4.61. The van der Waals surface area contributed by atoms with Crippen LogP contribution in [-0.2, 0) is 6.54 Å². The Hall–Kier alpha value is -2.20. The number of likely N-dealkylation sites (N-methyl/N-ethyl adjacent to an activating group) is 1. The summed E-state index contributed by atoms with van der Waals surface area (Å²) in [7, 11) is 3.19. The van der Waals surface area contributed by atoms with Gasteiger partial charge in [-0.25, -0.2) is 4.99 Å². The maximum Gasteiger partial charge on any atom is 0.193 e. The average molecular weight is 528 g/mol. The van der Waals surface area contributed by atoms with E-state index >= 15 is 0 Å². The van der Waals surface area contributed by atoms with Crippen molar-refractivity contribution in [2.45, 2.75) is 20.4 Å². The van der Waals surface area contributed by atoms with E-state index in [4.69, 9.17) is 19.9 Å². The molecule has 7 nitrogen and oxygen atoms in total. The zero-order valence-corrected chi connectivity index (χ0v) is 20.5. The fourth-order valence-corrected chi connectivity index (χ4v) is 2.87. The smallest absolute Gasteiger partial charge is 0.193 e. The van der Waals surface area contributed by atoms with E-state index in [0.717, 1.165) is 36.6 Å². The molecule has 0 heterocycles. The van der Waals surface area contributed by atoms with Gasteiger partial charge >= 0.3 is 0 Å². The summed E-state index contributed by atoms with van der Waals surface area (Å²) in [5, 5.41) is 3.08. The summed E-state index contributed by atoms with van der Waals surface area (Å²) in [6.45, 7) is 8.30. The SMILES string of the molecule is CCN(CC)CCOc1ccccc1CN=C(N)Nc1ccc(OC)c(OC)c1.I. The first kappa shape index (κ1) is 25.8. The molecule has 3 N–H and O–H groups in total. The Balaban J connectivity index is 0.00000450. The van der Waals surface area contributed by atoms with Crippen molar-refractivity contribution >= 4 is 35.6 Å². The number of nitrogens with two attached hydrogens (primary N) is 1. The van der Waals surface area contributed by atoms with Crippen LogP contribution in [0, 0.1) is 0 Å². The number of aliphatic imine (C=N–C) groups is 1. The third kappa shape index (κ3) is 7.91. The van der Waals surface area contributed by atoms with Crippen LogP contribution in [0.2, 0.25) is 0 Å². The molecule has 0 aliphatic carbocycles. The normalized spacial score (nSPS) is 11.0. The molecule has 0 saturated carbocycles. The lowest BCUT2D eigenvalue weighted by Gasteiger charge is -2.18. The van der Waals surface area contributed by atoms with Gasteiger partial charge in [-0.1, -0.05) is 32.0 Å². The van der Waals surface area contributed by atoms with E-state index in [1.165, 1.54) is 0 Å². The topological polar surface area (TPSA) is 81.3 Å². The molecule has 0 fully saturated rings. The first-order chi connectivity index (χ1) is 14.1. The molecular formula is C22H33IN4O3. The standard InChI is InChI=1S/C22H32N4O3.HI/c1-5-26(6-2)13-14-29-19-10-8-7-9-17(19)16-24-22(23)25-18-11-12-20(27-3)21(15-18)28-4;/h7-12,15H,5-6,13-14,16H2,1-4H3,(H3,23,24,25);1H. The summed E-state index contributed by atoms with van der Waals surface area (Å²) >= 11 is 0. The zero-order valence-electron chi connectivity index (χ0n) is 18.2. The van der Waals surface area contributed by atoms with Crippen LogP contribution in [0.3, 0.4) is 0 Å². The summed E-state index contributed by atoms with van der Waals surface area (Å²) in [6, 6.07) is 13.4. The molecule has 0 saturated heterocycles. The van der Waals surface area contributed by atoms with E-state index in [2.05, 4.69) is 29.1 Å². The summed E-state index contributed by atoms with van der Waals surface area (Å²) < 4.78 is 16.5. The van der Waals surface area contributed by atoms with Crippen molar-refractivity contribution < 1.29 is 14.2 Å². The number of nitrogens with one attached hydrogen (secondary N) is 1. The first-order valence-electron chi connectivity index (χ1n) is 9.83. The van der Waals surface area contributed by atoms with Gasteiger partial charge in [-0.15, -0.1) is 24.0 Å². The fraction of sp³-hybridized carbons (Fsp3) is 0.409. The second-order valence-electron chi connectivity index (χ2n) is 6.38. The highest BCUT2D eigenvalue weighted by Crippen LogP contribution is 2.29. The van der Waals surface area contributed by atoms with Crippen LogP contribution in [0.4, 0.5) is 5.69 Å². The van der Waals surface area contributed by atoms with Crippen LogP contribution in [0.1, 0.15) is 19.4 Å². The number of hydrogen-bond donors (Lipinski definition) is 2. The summed E-state index contributed by atoms with van der Waals surface area (Å²) in [4.78, 5) is 6.77. The zero-order chi connectivity index (χ0) is 21.1.